The molecule has 0 unspecified atom stereocenters. The third-order valence-electron chi connectivity index (χ3n) is 3.17. The Balaban J connectivity index is 1.86. The van der Waals surface area contributed by atoms with Gasteiger partial charge in [-0.1, -0.05) is 18.2 Å². The summed E-state index contributed by atoms with van der Waals surface area (Å²) >= 11 is 0. The number of fused-ring (bicyclic) bond motifs is 1. The van der Waals surface area contributed by atoms with Crippen molar-refractivity contribution in [2.45, 2.75) is 32.1 Å². The summed E-state index contributed by atoms with van der Waals surface area (Å²) in [4.78, 5) is 10.3. The van der Waals surface area contributed by atoms with Crippen LogP contribution in [0.1, 0.15) is 29.5 Å². The minimum Gasteiger partial charge on any atom is -0.480 e. The summed E-state index contributed by atoms with van der Waals surface area (Å²) in [5.74, 6) is -0.907. The monoisotopic (exact) mass is 234 g/mol. The zero-order valence-corrected chi connectivity index (χ0v) is 9.95. The predicted octanol–water partition coefficient (Wildman–Crippen LogP) is 2.21. The van der Waals surface area contributed by atoms with Crippen molar-refractivity contribution in [1.29, 1.82) is 0 Å². The number of carboxylic acid groups (broad SMARTS) is 1. The molecular weight excluding hydrogens is 216 g/mol. The van der Waals surface area contributed by atoms with Crippen LogP contribution in [0.3, 0.4) is 0 Å². The molecule has 0 heterocycles. The van der Waals surface area contributed by atoms with E-state index in [9.17, 15) is 4.79 Å². The number of hydrogen-bond donors (Lipinski definition) is 1. The quantitative estimate of drug-likeness (QED) is 0.794. The zero-order valence-electron chi connectivity index (χ0n) is 9.95. The number of aliphatic carboxylic acids is 1. The highest BCUT2D eigenvalue weighted by atomic mass is 16.5. The minimum atomic E-state index is -0.907. The van der Waals surface area contributed by atoms with Crippen molar-refractivity contribution in [3.05, 3.63) is 34.9 Å². The van der Waals surface area contributed by atoms with E-state index < -0.39 is 5.97 Å². The largest absolute Gasteiger partial charge is 0.480 e. The molecule has 0 fully saturated rings. The van der Waals surface area contributed by atoms with Gasteiger partial charge in [0.15, 0.2) is 0 Å². The Hall–Kier alpha value is -1.35. The second-order valence-electron chi connectivity index (χ2n) is 4.51. The Morgan fingerprint density at radius 3 is 2.76 bits per heavy atom. The lowest BCUT2D eigenvalue weighted by molar-refractivity contribution is -0.142. The van der Waals surface area contributed by atoms with Gasteiger partial charge in [0.05, 0.1) is 6.61 Å². The summed E-state index contributed by atoms with van der Waals surface area (Å²) < 4.78 is 5.04. The maximum Gasteiger partial charge on any atom is 0.329 e. The van der Waals surface area contributed by atoms with Gasteiger partial charge in [-0.25, -0.2) is 4.79 Å². The minimum absolute atomic E-state index is 0.203. The van der Waals surface area contributed by atoms with Gasteiger partial charge in [-0.15, -0.1) is 0 Å². The van der Waals surface area contributed by atoms with Gasteiger partial charge in [-0.05, 0) is 48.8 Å². The van der Waals surface area contributed by atoms with E-state index in [0.29, 0.717) is 6.61 Å². The summed E-state index contributed by atoms with van der Waals surface area (Å²) in [5, 5.41) is 8.44. The van der Waals surface area contributed by atoms with Crippen LogP contribution >= 0.6 is 0 Å². The number of aryl methyl sites for hydroxylation is 2. The fraction of sp³-hybridized carbons (Fsp3) is 0.500. The zero-order chi connectivity index (χ0) is 12.1. The molecule has 3 nitrogen and oxygen atoms in total. The van der Waals surface area contributed by atoms with E-state index in [-0.39, 0.29) is 6.61 Å². The van der Waals surface area contributed by atoms with Crippen LogP contribution in [0.25, 0.3) is 0 Å². The summed E-state index contributed by atoms with van der Waals surface area (Å²) in [7, 11) is 0. The Kier molecular flexibility index (Phi) is 4.15. The van der Waals surface area contributed by atoms with Gasteiger partial charge in [-0.2, -0.15) is 0 Å². The first kappa shape index (κ1) is 12.1. The molecule has 1 aromatic carbocycles. The highest BCUT2D eigenvalue weighted by Crippen LogP contribution is 2.22. The molecule has 92 valence electrons. The number of carboxylic acids is 1. The number of ether oxygens (including phenoxy) is 1. The van der Waals surface area contributed by atoms with Gasteiger partial charge < -0.3 is 9.84 Å². The first-order valence-corrected chi connectivity index (χ1v) is 6.16. The summed E-state index contributed by atoms with van der Waals surface area (Å²) in [6.07, 6.45) is 5.75. The third-order valence-corrected chi connectivity index (χ3v) is 3.17. The van der Waals surface area contributed by atoms with E-state index in [1.54, 1.807) is 0 Å². The Morgan fingerprint density at radius 1 is 1.24 bits per heavy atom. The fourth-order valence-electron chi connectivity index (χ4n) is 2.29. The number of hydrogen-bond acceptors (Lipinski definition) is 2. The van der Waals surface area contributed by atoms with Crippen LogP contribution in [-0.2, 0) is 28.8 Å². The SMILES string of the molecule is O=C(O)COCCc1ccc2c(c1)CCCC2. The van der Waals surface area contributed by atoms with Crippen molar-refractivity contribution in [3.63, 3.8) is 0 Å². The number of rotatable bonds is 5. The van der Waals surface area contributed by atoms with E-state index in [2.05, 4.69) is 18.2 Å². The molecular formula is C14H18O3. The van der Waals surface area contributed by atoms with Gasteiger partial charge in [0.25, 0.3) is 0 Å². The summed E-state index contributed by atoms with van der Waals surface area (Å²) in [6, 6.07) is 6.59. The summed E-state index contributed by atoms with van der Waals surface area (Å²) in [6.45, 7) is 0.274. The molecule has 0 atom stereocenters. The molecule has 0 saturated heterocycles. The van der Waals surface area contributed by atoms with Gasteiger partial charge in [0.2, 0.25) is 0 Å². The van der Waals surface area contributed by atoms with Crippen molar-refractivity contribution in [2.24, 2.45) is 0 Å². The van der Waals surface area contributed by atoms with Crippen LogP contribution < -0.4 is 0 Å². The van der Waals surface area contributed by atoms with Gasteiger partial charge in [0.1, 0.15) is 6.61 Å². The topological polar surface area (TPSA) is 46.5 Å². The maximum absolute atomic E-state index is 10.3. The van der Waals surface area contributed by atoms with Crippen LogP contribution in [-0.4, -0.2) is 24.3 Å². The van der Waals surface area contributed by atoms with Crippen molar-refractivity contribution < 1.29 is 14.6 Å². The molecule has 1 aromatic rings. The third kappa shape index (κ3) is 3.56. The first-order valence-electron chi connectivity index (χ1n) is 6.16. The molecule has 0 bridgehead atoms. The van der Waals surface area contributed by atoms with Crippen LogP contribution in [0, 0.1) is 0 Å². The fourth-order valence-corrected chi connectivity index (χ4v) is 2.29. The molecule has 2 rings (SSSR count). The van der Waals surface area contributed by atoms with E-state index >= 15 is 0 Å². The van der Waals surface area contributed by atoms with E-state index in [4.69, 9.17) is 9.84 Å². The smallest absolute Gasteiger partial charge is 0.329 e. The van der Waals surface area contributed by atoms with Gasteiger partial charge in [0, 0.05) is 0 Å². The van der Waals surface area contributed by atoms with E-state index in [1.807, 2.05) is 0 Å². The van der Waals surface area contributed by atoms with Crippen molar-refractivity contribution in [3.8, 4) is 0 Å². The highest BCUT2D eigenvalue weighted by molar-refractivity contribution is 5.67. The average molecular weight is 234 g/mol. The van der Waals surface area contributed by atoms with E-state index in [0.717, 1.165) is 6.42 Å². The number of benzene rings is 1. The van der Waals surface area contributed by atoms with E-state index in [1.165, 1.54) is 42.4 Å². The molecule has 17 heavy (non-hydrogen) atoms. The molecule has 1 aliphatic carbocycles. The normalized spacial score (nSPS) is 14.4. The van der Waals surface area contributed by atoms with Crippen LogP contribution in [0.2, 0.25) is 0 Å². The van der Waals surface area contributed by atoms with Gasteiger partial charge in [-0.3, -0.25) is 0 Å². The lowest BCUT2D eigenvalue weighted by atomic mass is 9.90. The first-order chi connectivity index (χ1) is 8.25. The maximum atomic E-state index is 10.3. The molecule has 1 N–H and O–H groups in total. The van der Waals surface area contributed by atoms with Crippen LogP contribution in [0.4, 0.5) is 0 Å². The Bertz CT molecular complexity index is 398. The molecule has 3 heteroatoms. The van der Waals surface area contributed by atoms with Crippen molar-refractivity contribution >= 4 is 5.97 Å². The molecule has 0 radical (unpaired) electrons. The van der Waals surface area contributed by atoms with Gasteiger partial charge >= 0.3 is 5.97 Å². The molecule has 0 amide bonds. The Labute approximate surface area is 101 Å². The standard InChI is InChI=1S/C14H18O3/c15-14(16)10-17-8-7-11-5-6-12-3-1-2-4-13(12)9-11/h5-6,9H,1-4,7-8,10H2,(H,15,16). The van der Waals surface area contributed by atoms with Crippen molar-refractivity contribution in [1.82, 2.24) is 0 Å². The summed E-state index contributed by atoms with van der Waals surface area (Å²) in [5.41, 5.74) is 4.19. The lowest BCUT2D eigenvalue weighted by Gasteiger charge is -2.16. The predicted molar refractivity (Wildman–Crippen MR) is 65.2 cm³/mol. The number of carbonyl (C=O) groups is 1. The highest BCUT2D eigenvalue weighted by Gasteiger charge is 2.09. The van der Waals surface area contributed by atoms with Crippen LogP contribution in [0.5, 0.6) is 0 Å². The molecule has 0 aliphatic heterocycles. The van der Waals surface area contributed by atoms with Crippen LogP contribution in [0.15, 0.2) is 18.2 Å². The second-order valence-corrected chi connectivity index (χ2v) is 4.51. The molecule has 0 saturated carbocycles. The molecule has 0 aromatic heterocycles. The molecule has 0 spiro atoms. The van der Waals surface area contributed by atoms with Crippen molar-refractivity contribution in [2.75, 3.05) is 13.2 Å². The Morgan fingerprint density at radius 2 is 2.00 bits per heavy atom. The lowest BCUT2D eigenvalue weighted by Crippen LogP contribution is -2.09. The molecule has 1 aliphatic rings. The average Bonchev–Trinajstić information content (AvgIpc) is 2.34. The second kappa shape index (κ2) is 5.82.